The summed E-state index contributed by atoms with van der Waals surface area (Å²) in [5.74, 6) is 0. The van der Waals surface area contributed by atoms with Crippen LogP contribution in [0.3, 0.4) is 0 Å². The molecule has 0 saturated carbocycles. The van der Waals surface area contributed by atoms with E-state index in [1.54, 1.807) is 7.11 Å². The van der Waals surface area contributed by atoms with Crippen LogP contribution >= 0.6 is 0 Å². The van der Waals surface area contributed by atoms with E-state index in [0.717, 1.165) is 44.0 Å². The molecule has 0 atom stereocenters. The van der Waals surface area contributed by atoms with Crippen molar-refractivity contribution in [2.75, 3.05) is 43.6 Å². The number of benzene rings is 1. The number of fused-ring (bicyclic) bond motifs is 1. The molecule has 1 aliphatic heterocycles. The lowest BCUT2D eigenvalue weighted by Crippen LogP contribution is -2.35. The maximum Gasteiger partial charge on any atom is 0.0992 e. The van der Waals surface area contributed by atoms with Crippen LogP contribution in [0, 0.1) is 11.3 Å². The first-order valence-electron chi connectivity index (χ1n) is 5.87. The van der Waals surface area contributed by atoms with Crippen LogP contribution < -0.4 is 10.2 Å². The maximum atomic E-state index is 8.93. The number of rotatable bonds is 4. The fraction of sp³-hybridized carbons (Fsp3) is 0.462. The molecule has 0 amide bonds. The molecule has 0 bridgehead atoms. The summed E-state index contributed by atoms with van der Waals surface area (Å²) in [5.41, 5.74) is 2.96. The molecule has 2 rings (SSSR count). The largest absolute Gasteiger partial charge is 0.385 e. The minimum absolute atomic E-state index is 0.712. The van der Waals surface area contributed by atoms with Gasteiger partial charge >= 0.3 is 0 Å². The van der Waals surface area contributed by atoms with Crippen molar-refractivity contribution in [1.82, 2.24) is 0 Å². The Kier molecular flexibility index (Phi) is 3.84. The molecular weight excluding hydrogens is 214 g/mol. The molecule has 1 N–H and O–H groups in total. The van der Waals surface area contributed by atoms with Crippen molar-refractivity contribution in [3.8, 4) is 6.07 Å². The topological polar surface area (TPSA) is 48.3 Å². The number of hydrogen-bond acceptors (Lipinski definition) is 4. The molecule has 4 nitrogen and oxygen atoms in total. The quantitative estimate of drug-likeness (QED) is 0.803. The van der Waals surface area contributed by atoms with Crippen molar-refractivity contribution in [3.05, 3.63) is 23.8 Å². The van der Waals surface area contributed by atoms with Crippen LogP contribution in [0.1, 0.15) is 12.0 Å². The molecule has 0 saturated heterocycles. The van der Waals surface area contributed by atoms with Gasteiger partial charge in [0, 0.05) is 33.4 Å². The predicted octanol–water partition coefficient (Wildman–Crippen LogP) is 1.83. The summed E-state index contributed by atoms with van der Waals surface area (Å²) in [5, 5.41) is 12.3. The van der Waals surface area contributed by atoms with E-state index in [-0.39, 0.29) is 0 Å². The van der Waals surface area contributed by atoms with Crippen LogP contribution in [0.2, 0.25) is 0 Å². The number of nitrogens with one attached hydrogen (secondary N) is 1. The number of ether oxygens (including phenoxy) is 1. The lowest BCUT2D eigenvalue weighted by atomic mass is 10.1. The fourth-order valence-electron chi connectivity index (χ4n) is 2.09. The van der Waals surface area contributed by atoms with Gasteiger partial charge in [0.1, 0.15) is 0 Å². The SMILES string of the molecule is COCCCN1CCNc2ccc(C#N)cc21. The number of hydrogen-bond donors (Lipinski definition) is 1. The van der Waals surface area contributed by atoms with Gasteiger partial charge in [0.15, 0.2) is 0 Å². The van der Waals surface area contributed by atoms with E-state index >= 15 is 0 Å². The fourth-order valence-corrected chi connectivity index (χ4v) is 2.09. The highest BCUT2D eigenvalue weighted by molar-refractivity contribution is 5.73. The monoisotopic (exact) mass is 231 g/mol. The van der Waals surface area contributed by atoms with Crippen LogP contribution in [0.5, 0.6) is 0 Å². The van der Waals surface area contributed by atoms with Gasteiger partial charge in [-0.2, -0.15) is 5.26 Å². The average molecular weight is 231 g/mol. The molecular formula is C13H17N3O. The first-order valence-corrected chi connectivity index (χ1v) is 5.87. The van der Waals surface area contributed by atoms with Crippen molar-refractivity contribution < 1.29 is 4.74 Å². The zero-order valence-electron chi connectivity index (χ0n) is 10.1. The molecule has 0 fully saturated rings. The molecule has 90 valence electrons. The Balaban J connectivity index is 2.14. The van der Waals surface area contributed by atoms with Crippen LogP contribution in [0.25, 0.3) is 0 Å². The average Bonchev–Trinajstić information content (AvgIpc) is 2.39. The number of anilines is 2. The first kappa shape index (κ1) is 11.7. The first-order chi connectivity index (χ1) is 8.35. The Morgan fingerprint density at radius 2 is 2.41 bits per heavy atom. The van der Waals surface area contributed by atoms with Crippen molar-refractivity contribution in [3.63, 3.8) is 0 Å². The standard InChI is InChI=1S/C13H17N3O/c1-17-8-2-6-16-7-5-15-12-4-3-11(10-14)9-13(12)16/h3-4,9,15H,2,5-8H2,1H3. The van der Waals surface area contributed by atoms with Crippen molar-refractivity contribution in [2.45, 2.75) is 6.42 Å². The third-order valence-corrected chi connectivity index (χ3v) is 2.94. The van der Waals surface area contributed by atoms with Gasteiger partial charge in [-0.15, -0.1) is 0 Å². The summed E-state index contributed by atoms with van der Waals surface area (Å²) < 4.78 is 5.07. The molecule has 0 aliphatic carbocycles. The van der Waals surface area contributed by atoms with Gasteiger partial charge in [-0.3, -0.25) is 0 Å². The number of methoxy groups -OCH3 is 1. The van der Waals surface area contributed by atoms with Gasteiger partial charge < -0.3 is 15.0 Å². The van der Waals surface area contributed by atoms with Gasteiger partial charge in [0.05, 0.1) is 23.0 Å². The Hall–Kier alpha value is -1.73. The molecule has 0 unspecified atom stereocenters. The molecule has 1 aromatic rings. The van der Waals surface area contributed by atoms with Crippen molar-refractivity contribution >= 4 is 11.4 Å². The predicted molar refractivity (Wildman–Crippen MR) is 68.4 cm³/mol. The van der Waals surface area contributed by atoms with Gasteiger partial charge in [-0.25, -0.2) is 0 Å². The van der Waals surface area contributed by atoms with E-state index in [4.69, 9.17) is 10.00 Å². The van der Waals surface area contributed by atoms with Gasteiger partial charge in [-0.05, 0) is 24.6 Å². The second-order valence-electron chi connectivity index (χ2n) is 4.10. The molecule has 0 radical (unpaired) electrons. The van der Waals surface area contributed by atoms with E-state index in [1.807, 2.05) is 18.2 Å². The third kappa shape index (κ3) is 2.69. The molecule has 1 aliphatic rings. The Morgan fingerprint density at radius 3 is 3.18 bits per heavy atom. The van der Waals surface area contributed by atoms with Crippen molar-refractivity contribution in [2.24, 2.45) is 0 Å². The van der Waals surface area contributed by atoms with Crippen LogP contribution in [0.4, 0.5) is 11.4 Å². The van der Waals surface area contributed by atoms with Crippen LogP contribution in [0.15, 0.2) is 18.2 Å². The normalized spacial score (nSPS) is 13.8. The Labute approximate surface area is 102 Å². The molecule has 1 aromatic carbocycles. The Bertz CT molecular complexity index is 425. The van der Waals surface area contributed by atoms with Crippen molar-refractivity contribution in [1.29, 1.82) is 5.26 Å². The number of nitrogens with zero attached hydrogens (tertiary/aromatic N) is 2. The van der Waals surface area contributed by atoms with Gasteiger partial charge in [0.2, 0.25) is 0 Å². The summed E-state index contributed by atoms with van der Waals surface area (Å²) in [4.78, 5) is 2.31. The summed E-state index contributed by atoms with van der Waals surface area (Å²) in [7, 11) is 1.72. The summed E-state index contributed by atoms with van der Waals surface area (Å²) >= 11 is 0. The van der Waals surface area contributed by atoms with E-state index in [9.17, 15) is 0 Å². The second-order valence-corrected chi connectivity index (χ2v) is 4.10. The van der Waals surface area contributed by atoms with Gasteiger partial charge in [-0.1, -0.05) is 0 Å². The highest BCUT2D eigenvalue weighted by atomic mass is 16.5. The molecule has 17 heavy (non-hydrogen) atoms. The van der Waals surface area contributed by atoms with E-state index in [0.29, 0.717) is 5.56 Å². The van der Waals surface area contributed by atoms with Gasteiger partial charge in [0.25, 0.3) is 0 Å². The zero-order chi connectivity index (χ0) is 12.1. The minimum Gasteiger partial charge on any atom is -0.385 e. The highest BCUT2D eigenvalue weighted by Crippen LogP contribution is 2.29. The van der Waals surface area contributed by atoms with E-state index in [1.165, 1.54) is 0 Å². The molecule has 1 heterocycles. The highest BCUT2D eigenvalue weighted by Gasteiger charge is 2.16. The zero-order valence-corrected chi connectivity index (χ0v) is 10.1. The Morgan fingerprint density at radius 1 is 1.53 bits per heavy atom. The number of nitriles is 1. The molecule has 0 spiro atoms. The lowest BCUT2D eigenvalue weighted by Gasteiger charge is -2.32. The van der Waals surface area contributed by atoms with E-state index in [2.05, 4.69) is 16.3 Å². The summed E-state index contributed by atoms with van der Waals surface area (Å²) in [6, 6.07) is 7.97. The summed E-state index contributed by atoms with van der Waals surface area (Å²) in [6.45, 7) is 3.67. The summed E-state index contributed by atoms with van der Waals surface area (Å²) in [6.07, 6.45) is 1.01. The van der Waals surface area contributed by atoms with Crippen LogP contribution in [-0.4, -0.2) is 33.4 Å². The lowest BCUT2D eigenvalue weighted by molar-refractivity contribution is 0.196. The van der Waals surface area contributed by atoms with E-state index < -0.39 is 0 Å². The van der Waals surface area contributed by atoms with Crippen LogP contribution in [-0.2, 0) is 4.74 Å². The minimum atomic E-state index is 0.712. The second kappa shape index (κ2) is 5.55. The molecule has 0 aromatic heterocycles. The third-order valence-electron chi connectivity index (χ3n) is 2.94. The maximum absolute atomic E-state index is 8.93. The smallest absolute Gasteiger partial charge is 0.0992 e. The molecule has 4 heteroatoms.